The Bertz CT molecular complexity index is 404. The summed E-state index contributed by atoms with van der Waals surface area (Å²) in [5, 5.41) is 9.01. The van der Waals surface area contributed by atoms with Crippen LogP contribution < -0.4 is 0 Å². The maximum atomic E-state index is 12.5. The van der Waals surface area contributed by atoms with Gasteiger partial charge in [-0.15, -0.1) is 0 Å². The van der Waals surface area contributed by atoms with Gasteiger partial charge >= 0.3 is 12.1 Å². The van der Waals surface area contributed by atoms with Gasteiger partial charge in [0.25, 0.3) is 0 Å². The number of carbonyl (C=O) groups is 2. The van der Waals surface area contributed by atoms with Crippen LogP contribution in [-0.2, 0) is 9.59 Å². The molecule has 7 heteroatoms. The molecule has 0 aromatic rings. The van der Waals surface area contributed by atoms with E-state index in [4.69, 9.17) is 5.11 Å². The number of carboxylic acid groups (broad SMARTS) is 1. The van der Waals surface area contributed by atoms with Crippen molar-refractivity contribution in [1.29, 1.82) is 0 Å². The van der Waals surface area contributed by atoms with Gasteiger partial charge < -0.3 is 10.0 Å². The quantitative estimate of drug-likeness (QED) is 0.847. The average Bonchev–Trinajstić information content (AvgIpc) is 2.76. The number of aliphatic carboxylic acids is 1. The van der Waals surface area contributed by atoms with Crippen LogP contribution in [0.5, 0.6) is 0 Å². The lowest BCUT2D eigenvalue weighted by atomic mass is 10.1. The predicted octanol–water partition coefficient (Wildman–Crippen LogP) is 2.39. The van der Waals surface area contributed by atoms with Gasteiger partial charge in [-0.25, -0.2) is 0 Å². The number of carboxylic acids is 1. The Hall–Kier alpha value is -1.27. The highest BCUT2D eigenvalue weighted by molar-refractivity contribution is 5.91. The first kappa shape index (κ1) is 16.8. The molecule has 4 nitrogen and oxygen atoms in total. The topological polar surface area (TPSA) is 57.6 Å². The molecule has 1 fully saturated rings. The van der Waals surface area contributed by atoms with Crippen molar-refractivity contribution >= 4 is 11.9 Å². The summed E-state index contributed by atoms with van der Waals surface area (Å²) >= 11 is 0. The molecule has 1 N–H and O–H groups in total. The molecule has 0 heterocycles. The summed E-state index contributed by atoms with van der Waals surface area (Å²) in [4.78, 5) is 24.0. The van der Waals surface area contributed by atoms with Gasteiger partial charge in [-0.2, -0.15) is 13.2 Å². The van der Waals surface area contributed by atoms with Gasteiger partial charge in [0.05, 0.1) is 11.8 Å². The number of alkyl halides is 3. The summed E-state index contributed by atoms with van der Waals surface area (Å²) in [6, 6.07) is 0. The van der Waals surface area contributed by atoms with E-state index in [2.05, 4.69) is 0 Å². The van der Waals surface area contributed by atoms with Crippen LogP contribution in [0.25, 0.3) is 0 Å². The van der Waals surface area contributed by atoms with E-state index in [0.717, 1.165) is 4.90 Å². The minimum absolute atomic E-state index is 0.0305. The minimum Gasteiger partial charge on any atom is -0.481 e. The number of halogens is 3. The average molecular weight is 295 g/mol. The summed E-state index contributed by atoms with van der Waals surface area (Å²) in [7, 11) is 0. The highest BCUT2D eigenvalue weighted by Gasteiger charge is 2.66. The Balaban J connectivity index is 2.87. The fraction of sp³-hybridized carbons (Fsp3) is 0.846. The van der Waals surface area contributed by atoms with Crippen LogP contribution in [0.4, 0.5) is 13.2 Å². The second kappa shape index (κ2) is 5.26. The molecule has 1 saturated carbocycles. The number of hydrogen-bond acceptors (Lipinski definition) is 2. The van der Waals surface area contributed by atoms with Crippen LogP contribution in [0.15, 0.2) is 0 Å². The van der Waals surface area contributed by atoms with E-state index in [9.17, 15) is 22.8 Å². The SMILES string of the molecule is CC(C)CN(CC(F)(F)F)C(=O)[C@H]1[C@@H](C(=O)O)C1(C)C. The Morgan fingerprint density at radius 3 is 2.05 bits per heavy atom. The molecule has 0 spiro atoms. The van der Waals surface area contributed by atoms with Crippen LogP contribution >= 0.6 is 0 Å². The van der Waals surface area contributed by atoms with Crippen molar-refractivity contribution in [2.45, 2.75) is 33.9 Å². The maximum Gasteiger partial charge on any atom is 0.406 e. The molecule has 0 aliphatic heterocycles. The Labute approximate surface area is 115 Å². The van der Waals surface area contributed by atoms with E-state index in [1.165, 1.54) is 0 Å². The van der Waals surface area contributed by atoms with Crippen LogP contribution in [0.2, 0.25) is 0 Å². The van der Waals surface area contributed by atoms with E-state index in [1.807, 2.05) is 0 Å². The molecule has 2 atom stereocenters. The van der Waals surface area contributed by atoms with Crippen LogP contribution in [0.1, 0.15) is 27.7 Å². The molecule has 1 aliphatic carbocycles. The Kier molecular flexibility index (Phi) is 4.41. The number of hydrogen-bond donors (Lipinski definition) is 1. The first-order valence-corrected chi connectivity index (χ1v) is 6.46. The van der Waals surface area contributed by atoms with Crippen molar-refractivity contribution in [3.05, 3.63) is 0 Å². The van der Waals surface area contributed by atoms with E-state index >= 15 is 0 Å². The van der Waals surface area contributed by atoms with Crippen LogP contribution in [0.3, 0.4) is 0 Å². The summed E-state index contributed by atoms with van der Waals surface area (Å²) in [6.45, 7) is 5.25. The molecular weight excluding hydrogens is 275 g/mol. The number of rotatable bonds is 5. The standard InChI is InChI=1S/C13H20F3NO3/c1-7(2)5-17(6-13(14,15)16)10(18)8-9(11(19)20)12(8,3)4/h7-9H,5-6H2,1-4H3,(H,19,20)/t8-,9+/m1/s1. The third-order valence-corrected chi connectivity index (χ3v) is 3.63. The number of amides is 1. The van der Waals surface area contributed by atoms with Gasteiger partial charge in [0.1, 0.15) is 6.54 Å². The summed E-state index contributed by atoms with van der Waals surface area (Å²) < 4.78 is 37.6. The molecule has 0 saturated heterocycles. The zero-order chi connectivity index (χ0) is 15.9. The fourth-order valence-corrected chi connectivity index (χ4v) is 2.65. The molecule has 0 radical (unpaired) electrons. The molecule has 1 rings (SSSR count). The molecule has 0 aromatic carbocycles. The van der Waals surface area contributed by atoms with Crippen molar-refractivity contribution in [2.75, 3.05) is 13.1 Å². The molecule has 0 unspecified atom stereocenters. The second-order valence-corrected chi connectivity index (χ2v) is 6.34. The van der Waals surface area contributed by atoms with Crippen LogP contribution in [0, 0.1) is 23.2 Å². The van der Waals surface area contributed by atoms with Gasteiger partial charge in [-0.3, -0.25) is 9.59 Å². The monoisotopic (exact) mass is 295 g/mol. The lowest BCUT2D eigenvalue weighted by Crippen LogP contribution is -2.42. The molecule has 116 valence electrons. The van der Waals surface area contributed by atoms with Crippen molar-refractivity contribution in [2.24, 2.45) is 23.2 Å². The predicted molar refractivity (Wildman–Crippen MR) is 65.9 cm³/mol. The van der Waals surface area contributed by atoms with Gasteiger partial charge in [0, 0.05) is 6.54 Å². The van der Waals surface area contributed by atoms with E-state index in [-0.39, 0.29) is 12.5 Å². The Morgan fingerprint density at radius 1 is 1.25 bits per heavy atom. The highest BCUT2D eigenvalue weighted by Crippen LogP contribution is 2.59. The van der Waals surface area contributed by atoms with E-state index < -0.39 is 41.8 Å². The number of nitrogens with zero attached hydrogens (tertiary/aromatic N) is 1. The molecule has 1 amide bonds. The molecule has 1 aliphatic rings. The summed E-state index contributed by atoms with van der Waals surface area (Å²) in [6.07, 6.45) is -4.48. The Morgan fingerprint density at radius 2 is 1.75 bits per heavy atom. The van der Waals surface area contributed by atoms with Crippen molar-refractivity contribution in [1.82, 2.24) is 4.90 Å². The highest BCUT2D eigenvalue weighted by atomic mass is 19.4. The minimum atomic E-state index is -4.48. The van der Waals surface area contributed by atoms with Crippen LogP contribution in [-0.4, -0.2) is 41.1 Å². The third kappa shape index (κ3) is 3.64. The zero-order valence-electron chi connectivity index (χ0n) is 12.0. The first-order chi connectivity index (χ1) is 8.88. The van der Waals surface area contributed by atoms with Crippen molar-refractivity contribution in [3.8, 4) is 0 Å². The zero-order valence-corrected chi connectivity index (χ0v) is 12.0. The largest absolute Gasteiger partial charge is 0.481 e. The summed E-state index contributed by atoms with van der Waals surface area (Å²) in [5.74, 6) is -3.75. The van der Waals surface area contributed by atoms with Gasteiger partial charge in [0.15, 0.2) is 0 Å². The van der Waals surface area contributed by atoms with Gasteiger partial charge in [-0.05, 0) is 11.3 Å². The smallest absolute Gasteiger partial charge is 0.406 e. The van der Waals surface area contributed by atoms with Crippen molar-refractivity contribution < 1.29 is 27.9 Å². The number of carbonyl (C=O) groups excluding carboxylic acids is 1. The third-order valence-electron chi connectivity index (χ3n) is 3.63. The normalized spacial score (nSPS) is 24.6. The molecular formula is C13H20F3NO3. The lowest BCUT2D eigenvalue weighted by molar-refractivity contribution is -0.163. The molecule has 20 heavy (non-hydrogen) atoms. The fourth-order valence-electron chi connectivity index (χ4n) is 2.65. The lowest BCUT2D eigenvalue weighted by Gasteiger charge is -2.26. The van der Waals surface area contributed by atoms with Crippen molar-refractivity contribution in [3.63, 3.8) is 0 Å². The molecule has 0 aromatic heterocycles. The summed E-state index contributed by atoms with van der Waals surface area (Å²) in [5.41, 5.74) is -0.788. The van der Waals surface area contributed by atoms with Gasteiger partial charge in [-0.1, -0.05) is 27.7 Å². The first-order valence-electron chi connectivity index (χ1n) is 6.46. The van der Waals surface area contributed by atoms with Gasteiger partial charge in [0.2, 0.25) is 5.91 Å². The van der Waals surface area contributed by atoms with E-state index in [1.54, 1.807) is 27.7 Å². The maximum absolute atomic E-state index is 12.5. The second-order valence-electron chi connectivity index (χ2n) is 6.34. The molecule has 0 bridgehead atoms. The van der Waals surface area contributed by atoms with E-state index in [0.29, 0.717) is 0 Å².